The predicted octanol–water partition coefficient (Wildman–Crippen LogP) is 3.47. The number of hydrogen-bond donors (Lipinski definition) is 0. The minimum atomic E-state index is -4.93. The van der Waals surface area contributed by atoms with Gasteiger partial charge in [0.05, 0.1) is 15.5 Å². The van der Waals surface area contributed by atoms with Crippen LogP contribution in [0.15, 0.2) is 12.1 Å². The smallest absolute Gasteiger partial charge is 0.294 e. The molecule has 1 aromatic carbocycles. The molecule has 0 atom stereocenters. The third-order valence-electron chi connectivity index (χ3n) is 1.96. The minimum Gasteiger partial charge on any atom is -0.294 e. The lowest BCUT2D eigenvalue weighted by atomic mass is 10.0. The van der Waals surface area contributed by atoms with E-state index in [1.54, 1.807) is 0 Å². The number of rotatable bonds is 2. The highest BCUT2D eigenvalue weighted by Crippen LogP contribution is 2.40. The summed E-state index contributed by atoms with van der Waals surface area (Å²) < 4.78 is 38.0. The van der Waals surface area contributed by atoms with Crippen LogP contribution < -0.4 is 0 Å². The molecule has 0 aliphatic carbocycles. The van der Waals surface area contributed by atoms with Crippen molar-refractivity contribution in [3.05, 3.63) is 38.4 Å². The normalized spacial score (nSPS) is 11.4. The molecule has 8 heteroatoms. The van der Waals surface area contributed by atoms with Crippen molar-refractivity contribution in [1.29, 1.82) is 0 Å². The topological polar surface area (TPSA) is 60.2 Å². The van der Waals surface area contributed by atoms with Gasteiger partial charge in [0, 0.05) is 6.07 Å². The monoisotopic (exact) mass is 267 g/mol. The van der Waals surface area contributed by atoms with Crippen molar-refractivity contribution >= 4 is 23.1 Å². The van der Waals surface area contributed by atoms with Crippen LogP contribution in [-0.2, 0) is 6.18 Å². The Balaban J connectivity index is 3.73. The number of hydrogen-bond acceptors (Lipinski definition) is 3. The van der Waals surface area contributed by atoms with Crippen molar-refractivity contribution < 1.29 is 22.9 Å². The van der Waals surface area contributed by atoms with Gasteiger partial charge in [-0.1, -0.05) is 11.6 Å². The van der Waals surface area contributed by atoms with Gasteiger partial charge in [0.2, 0.25) is 0 Å². The van der Waals surface area contributed by atoms with Gasteiger partial charge in [-0.2, -0.15) is 13.2 Å². The van der Waals surface area contributed by atoms with Crippen molar-refractivity contribution in [3.63, 3.8) is 0 Å². The molecule has 0 saturated heterocycles. The van der Waals surface area contributed by atoms with E-state index in [1.807, 2.05) is 0 Å². The van der Waals surface area contributed by atoms with Crippen LogP contribution in [0, 0.1) is 10.1 Å². The van der Waals surface area contributed by atoms with Crippen LogP contribution >= 0.6 is 11.6 Å². The molecular weight excluding hydrogens is 263 g/mol. The van der Waals surface area contributed by atoms with Gasteiger partial charge in [0.25, 0.3) is 5.69 Å². The number of ketones is 1. The number of halogens is 4. The summed E-state index contributed by atoms with van der Waals surface area (Å²) in [4.78, 5) is 20.6. The molecule has 0 aliphatic rings. The number of nitro benzene ring substituents is 1. The first kappa shape index (κ1) is 13.4. The fourth-order valence-electron chi connectivity index (χ4n) is 1.35. The third kappa shape index (κ3) is 2.55. The first-order valence-corrected chi connectivity index (χ1v) is 4.59. The summed E-state index contributed by atoms with van der Waals surface area (Å²) in [5, 5.41) is 9.82. The van der Waals surface area contributed by atoms with Gasteiger partial charge in [-0.3, -0.25) is 14.9 Å². The summed E-state index contributed by atoms with van der Waals surface area (Å²) in [6.07, 6.45) is -4.93. The molecule has 17 heavy (non-hydrogen) atoms. The van der Waals surface area contributed by atoms with Gasteiger partial charge in [0.1, 0.15) is 5.56 Å². The lowest BCUT2D eigenvalue weighted by Gasteiger charge is -2.12. The molecular formula is C9H5ClF3NO3. The molecule has 0 amide bonds. The molecule has 0 spiro atoms. The third-order valence-corrected chi connectivity index (χ3v) is 2.28. The maximum Gasteiger partial charge on any atom is 0.418 e. The zero-order valence-corrected chi connectivity index (χ0v) is 9.09. The Hall–Kier alpha value is -1.63. The van der Waals surface area contributed by atoms with E-state index in [9.17, 15) is 28.1 Å². The van der Waals surface area contributed by atoms with E-state index in [0.717, 1.165) is 19.1 Å². The lowest BCUT2D eigenvalue weighted by Crippen LogP contribution is -2.14. The van der Waals surface area contributed by atoms with Gasteiger partial charge in [-0.05, 0) is 13.0 Å². The number of nitrogens with zero attached hydrogens (tertiary/aromatic N) is 1. The van der Waals surface area contributed by atoms with E-state index in [1.165, 1.54) is 0 Å². The zero-order valence-electron chi connectivity index (χ0n) is 8.34. The summed E-state index contributed by atoms with van der Waals surface area (Å²) in [6, 6.07) is 1.52. The largest absolute Gasteiger partial charge is 0.418 e. The Morgan fingerprint density at radius 3 is 2.29 bits per heavy atom. The van der Waals surface area contributed by atoms with Crippen molar-refractivity contribution in [2.24, 2.45) is 0 Å². The SMILES string of the molecule is CC(=O)c1c([N+](=O)[O-])ccc(Cl)c1C(F)(F)F. The van der Waals surface area contributed by atoms with Crippen molar-refractivity contribution in [3.8, 4) is 0 Å². The number of benzene rings is 1. The van der Waals surface area contributed by atoms with Gasteiger partial charge >= 0.3 is 6.18 Å². The number of alkyl halides is 3. The second-order valence-electron chi connectivity index (χ2n) is 3.13. The Kier molecular flexibility index (Phi) is 3.42. The molecule has 0 aromatic heterocycles. The maximum atomic E-state index is 12.7. The Morgan fingerprint density at radius 2 is 1.94 bits per heavy atom. The summed E-state index contributed by atoms with van der Waals surface area (Å²) in [6.45, 7) is 0.813. The molecule has 0 heterocycles. The summed E-state index contributed by atoms with van der Waals surface area (Å²) in [5.74, 6) is -1.06. The molecule has 0 saturated carbocycles. The first-order chi connectivity index (χ1) is 7.66. The van der Waals surface area contributed by atoms with Crippen LogP contribution in [0.1, 0.15) is 22.8 Å². The molecule has 4 nitrogen and oxygen atoms in total. The summed E-state index contributed by atoms with van der Waals surface area (Å²) >= 11 is 5.34. The zero-order chi connectivity index (χ0) is 13.4. The van der Waals surface area contributed by atoms with Crippen LogP contribution in [0.2, 0.25) is 5.02 Å². The van der Waals surface area contributed by atoms with E-state index in [2.05, 4.69) is 0 Å². The second-order valence-corrected chi connectivity index (χ2v) is 3.53. The van der Waals surface area contributed by atoms with E-state index < -0.39 is 38.7 Å². The van der Waals surface area contributed by atoms with Gasteiger partial charge in [0.15, 0.2) is 5.78 Å². The van der Waals surface area contributed by atoms with E-state index in [0.29, 0.717) is 0 Å². The quantitative estimate of drug-likeness (QED) is 0.468. The van der Waals surface area contributed by atoms with Crippen LogP contribution in [0.4, 0.5) is 18.9 Å². The van der Waals surface area contributed by atoms with E-state index >= 15 is 0 Å². The fourth-order valence-corrected chi connectivity index (χ4v) is 1.62. The minimum absolute atomic E-state index is 0.742. The predicted molar refractivity (Wildman–Crippen MR) is 53.1 cm³/mol. The van der Waals surface area contributed by atoms with Gasteiger partial charge in [-0.15, -0.1) is 0 Å². The fraction of sp³-hybridized carbons (Fsp3) is 0.222. The Labute approximate surface area is 98.1 Å². The molecule has 1 aromatic rings. The van der Waals surface area contributed by atoms with Crippen LogP contribution in [0.5, 0.6) is 0 Å². The number of carbonyl (C=O) groups excluding carboxylic acids is 1. The van der Waals surface area contributed by atoms with Crippen LogP contribution in [0.3, 0.4) is 0 Å². The molecule has 0 N–H and O–H groups in total. The van der Waals surface area contributed by atoms with Crippen molar-refractivity contribution in [2.75, 3.05) is 0 Å². The van der Waals surface area contributed by atoms with Crippen molar-refractivity contribution in [2.45, 2.75) is 13.1 Å². The molecule has 92 valence electrons. The van der Waals surface area contributed by atoms with Gasteiger partial charge in [-0.25, -0.2) is 0 Å². The first-order valence-electron chi connectivity index (χ1n) is 4.21. The standard InChI is InChI=1S/C9H5ClF3NO3/c1-4(15)7-6(14(16)17)3-2-5(10)8(7)9(11,12)13/h2-3H,1H3. The molecule has 0 aliphatic heterocycles. The molecule has 0 unspecified atom stereocenters. The Morgan fingerprint density at radius 1 is 1.41 bits per heavy atom. The Bertz CT molecular complexity index is 499. The average molecular weight is 268 g/mol. The van der Waals surface area contributed by atoms with Crippen molar-refractivity contribution in [1.82, 2.24) is 0 Å². The lowest BCUT2D eigenvalue weighted by molar-refractivity contribution is -0.385. The molecule has 0 radical (unpaired) electrons. The summed E-state index contributed by atoms with van der Waals surface area (Å²) in [7, 11) is 0. The van der Waals surface area contributed by atoms with E-state index in [-0.39, 0.29) is 0 Å². The highest BCUT2D eigenvalue weighted by atomic mass is 35.5. The van der Waals surface area contributed by atoms with Crippen LogP contribution in [0.25, 0.3) is 0 Å². The van der Waals surface area contributed by atoms with Crippen LogP contribution in [-0.4, -0.2) is 10.7 Å². The molecule has 0 bridgehead atoms. The molecule has 0 fully saturated rings. The number of nitro groups is 1. The highest BCUT2D eigenvalue weighted by Gasteiger charge is 2.40. The second kappa shape index (κ2) is 4.33. The van der Waals surface area contributed by atoms with Gasteiger partial charge < -0.3 is 0 Å². The maximum absolute atomic E-state index is 12.7. The highest BCUT2D eigenvalue weighted by molar-refractivity contribution is 6.32. The average Bonchev–Trinajstić information content (AvgIpc) is 2.14. The summed E-state index contributed by atoms with van der Waals surface area (Å²) in [5.41, 5.74) is -3.40. The molecule has 1 rings (SSSR count). The number of carbonyl (C=O) groups is 1. The number of Topliss-reactive ketones (excluding diaryl/α,β-unsaturated/α-hetero) is 1. The van der Waals surface area contributed by atoms with E-state index in [4.69, 9.17) is 11.6 Å².